The minimum Gasteiger partial charge on any atom is -0.369 e. The van der Waals surface area contributed by atoms with Crippen LogP contribution in [-0.2, 0) is 17.6 Å². The molecule has 0 saturated heterocycles. The van der Waals surface area contributed by atoms with Gasteiger partial charge in [0.15, 0.2) is 0 Å². The van der Waals surface area contributed by atoms with Crippen LogP contribution in [0.5, 0.6) is 0 Å². The maximum atomic E-state index is 11.2. The third-order valence-electron chi connectivity index (χ3n) is 3.20. The van der Waals surface area contributed by atoms with E-state index in [0.717, 1.165) is 24.1 Å². The van der Waals surface area contributed by atoms with Gasteiger partial charge in [-0.05, 0) is 29.9 Å². The van der Waals surface area contributed by atoms with Gasteiger partial charge in [-0.3, -0.25) is 4.79 Å². The minimum absolute atomic E-state index is 0.0401. The number of amides is 1. The lowest BCUT2D eigenvalue weighted by Gasteiger charge is -2.03. The van der Waals surface area contributed by atoms with Crippen molar-refractivity contribution in [2.24, 2.45) is 11.7 Å². The lowest BCUT2D eigenvalue weighted by atomic mass is 10.0. The summed E-state index contributed by atoms with van der Waals surface area (Å²) in [5.74, 6) is -0.242. The van der Waals surface area contributed by atoms with Crippen LogP contribution >= 0.6 is 11.5 Å². The fraction of sp³-hybridized carbons (Fsp3) is 0.231. The number of nitrogens with two attached hydrogens (primary N) is 1. The minimum atomic E-state index is -0.201. The molecule has 1 heterocycles. The van der Waals surface area contributed by atoms with Crippen LogP contribution in [0.1, 0.15) is 10.4 Å². The van der Waals surface area contributed by atoms with E-state index in [0.29, 0.717) is 0 Å². The summed E-state index contributed by atoms with van der Waals surface area (Å²) in [6.45, 7) is 0. The van der Waals surface area contributed by atoms with Crippen LogP contribution in [0.25, 0.3) is 11.3 Å². The van der Waals surface area contributed by atoms with E-state index in [4.69, 9.17) is 5.73 Å². The fourth-order valence-corrected chi connectivity index (χ4v) is 3.26. The molecule has 1 aromatic carbocycles. The Labute approximate surface area is 103 Å². The average molecular weight is 244 g/mol. The van der Waals surface area contributed by atoms with E-state index in [1.54, 1.807) is 0 Å². The molecule has 0 fully saturated rings. The first-order valence-electron chi connectivity index (χ1n) is 5.58. The SMILES string of the molecule is NC(=O)C1Cc2snc(-c3ccccc3)c2C1. The smallest absolute Gasteiger partial charge is 0.221 e. The van der Waals surface area contributed by atoms with Crippen molar-refractivity contribution in [3.8, 4) is 11.3 Å². The van der Waals surface area contributed by atoms with Gasteiger partial charge < -0.3 is 5.73 Å². The highest BCUT2D eigenvalue weighted by molar-refractivity contribution is 7.06. The van der Waals surface area contributed by atoms with Crippen molar-refractivity contribution < 1.29 is 4.79 Å². The van der Waals surface area contributed by atoms with Crippen molar-refractivity contribution in [1.29, 1.82) is 0 Å². The monoisotopic (exact) mass is 244 g/mol. The Kier molecular flexibility index (Phi) is 2.44. The molecule has 1 aliphatic rings. The van der Waals surface area contributed by atoms with Crippen LogP contribution in [0.2, 0.25) is 0 Å². The van der Waals surface area contributed by atoms with Gasteiger partial charge in [0.05, 0.1) is 5.69 Å². The number of primary amides is 1. The molecule has 0 spiro atoms. The maximum absolute atomic E-state index is 11.2. The first-order chi connectivity index (χ1) is 8.25. The molecule has 1 aromatic heterocycles. The second-order valence-electron chi connectivity index (χ2n) is 4.31. The molecule has 17 heavy (non-hydrogen) atoms. The number of aromatic nitrogens is 1. The molecule has 1 atom stereocenters. The van der Waals surface area contributed by atoms with Crippen molar-refractivity contribution in [2.45, 2.75) is 12.8 Å². The molecule has 0 bridgehead atoms. The molecule has 2 N–H and O–H groups in total. The van der Waals surface area contributed by atoms with Gasteiger partial charge in [0, 0.05) is 16.4 Å². The Morgan fingerprint density at radius 2 is 2.06 bits per heavy atom. The van der Waals surface area contributed by atoms with Crippen LogP contribution in [0.15, 0.2) is 30.3 Å². The number of hydrogen-bond acceptors (Lipinski definition) is 3. The molecule has 0 saturated carbocycles. The highest BCUT2D eigenvalue weighted by atomic mass is 32.1. The quantitative estimate of drug-likeness (QED) is 0.878. The predicted octanol–water partition coefficient (Wildman–Crippen LogP) is 2.01. The van der Waals surface area contributed by atoms with E-state index in [1.165, 1.54) is 22.0 Å². The summed E-state index contributed by atoms with van der Waals surface area (Å²) in [6.07, 6.45) is 1.50. The normalized spacial score (nSPS) is 18.0. The van der Waals surface area contributed by atoms with Crippen LogP contribution < -0.4 is 5.73 Å². The highest BCUT2D eigenvalue weighted by Gasteiger charge is 2.30. The molecule has 4 heteroatoms. The second-order valence-corrected chi connectivity index (χ2v) is 5.16. The van der Waals surface area contributed by atoms with E-state index in [-0.39, 0.29) is 11.8 Å². The van der Waals surface area contributed by atoms with E-state index in [2.05, 4.69) is 4.37 Å². The van der Waals surface area contributed by atoms with Crippen LogP contribution in [-0.4, -0.2) is 10.3 Å². The number of nitrogens with zero attached hydrogens (tertiary/aromatic N) is 1. The Bertz CT molecular complexity index is 562. The topological polar surface area (TPSA) is 56.0 Å². The zero-order chi connectivity index (χ0) is 11.8. The van der Waals surface area contributed by atoms with Crippen LogP contribution in [0.4, 0.5) is 0 Å². The lowest BCUT2D eigenvalue weighted by Crippen LogP contribution is -2.23. The molecule has 1 aliphatic carbocycles. The number of hydrogen-bond donors (Lipinski definition) is 1. The van der Waals surface area contributed by atoms with Crippen molar-refractivity contribution in [3.63, 3.8) is 0 Å². The summed E-state index contributed by atoms with van der Waals surface area (Å²) < 4.78 is 4.49. The largest absolute Gasteiger partial charge is 0.369 e. The van der Waals surface area contributed by atoms with Gasteiger partial charge >= 0.3 is 0 Å². The molecule has 0 radical (unpaired) electrons. The predicted molar refractivity (Wildman–Crippen MR) is 67.6 cm³/mol. The zero-order valence-corrected chi connectivity index (χ0v) is 10.0. The Balaban J connectivity index is 1.99. The lowest BCUT2D eigenvalue weighted by molar-refractivity contribution is -0.121. The van der Waals surface area contributed by atoms with Crippen molar-refractivity contribution in [3.05, 3.63) is 40.8 Å². The van der Waals surface area contributed by atoms with Crippen LogP contribution in [0.3, 0.4) is 0 Å². The van der Waals surface area contributed by atoms with Gasteiger partial charge in [-0.1, -0.05) is 30.3 Å². The molecule has 3 nitrogen and oxygen atoms in total. The molecule has 1 unspecified atom stereocenters. The summed E-state index contributed by atoms with van der Waals surface area (Å²) in [7, 11) is 0. The van der Waals surface area contributed by atoms with Gasteiger partial charge in [0.25, 0.3) is 0 Å². The summed E-state index contributed by atoms with van der Waals surface area (Å²) in [4.78, 5) is 12.4. The fourth-order valence-electron chi connectivity index (χ4n) is 2.28. The summed E-state index contributed by atoms with van der Waals surface area (Å²) in [5, 5.41) is 0. The number of rotatable bonds is 2. The third kappa shape index (κ3) is 1.74. The first kappa shape index (κ1) is 10.5. The number of benzene rings is 1. The van der Waals surface area contributed by atoms with Crippen molar-refractivity contribution >= 4 is 17.4 Å². The van der Waals surface area contributed by atoms with Gasteiger partial charge in [-0.25, -0.2) is 0 Å². The van der Waals surface area contributed by atoms with E-state index in [1.807, 2.05) is 30.3 Å². The van der Waals surface area contributed by atoms with Crippen LogP contribution in [0, 0.1) is 5.92 Å². The first-order valence-corrected chi connectivity index (χ1v) is 6.35. The molecule has 1 amide bonds. The molecule has 0 aliphatic heterocycles. The molecular weight excluding hydrogens is 232 g/mol. The summed E-state index contributed by atoms with van der Waals surface area (Å²) >= 11 is 1.50. The van der Waals surface area contributed by atoms with Gasteiger partial charge in [-0.2, -0.15) is 4.37 Å². The number of carbonyl (C=O) groups is 1. The zero-order valence-electron chi connectivity index (χ0n) is 9.22. The van der Waals surface area contributed by atoms with Crippen molar-refractivity contribution in [1.82, 2.24) is 4.37 Å². The van der Waals surface area contributed by atoms with E-state index < -0.39 is 0 Å². The van der Waals surface area contributed by atoms with Gasteiger partial charge in [-0.15, -0.1) is 0 Å². The average Bonchev–Trinajstić information content (AvgIpc) is 2.89. The Morgan fingerprint density at radius 1 is 1.29 bits per heavy atom. The Hall–Kier alpha value is -1.68. The number of carbonyl (C=O) groups excluding carboxylic acids is 1. The standard InChI is InChI=1S/C13H12N2OS/c14-13(16)9-6-10-11(7-9)17-15-12(10)8-4-2-1-3-5-8/h1-5,9H,6-7H2,(H2,14,16). The number of fused-ring (bicyclic) bond motifs is 1. The third-order valence-corrected chi connectivity index (χ3v) is 4.11. The summed E-state index contributed by atoms with van der Waals surface area (Å²) in [5.41, 5.74) is 8.73. The summed E-state index contributed by atoms with van der Waals surface area (Å²) in [6, 6.07) is 10.1. The molecule has 86 valence electrons. The molecule has 2 aromatic rings. The van der Waals surface area contributed by atoms with Crippen molar-refractivity contribution in [2.75, 3.05) is 0 Å². The van der Waals surface area contributed by atoms with Gasteiger partial charge in [0.2, 0.25) is 5.91 Å². The second kappa shape index (κ2) is 3.96. The van der Waals surface area contributed by atoms with Gasteiger partial charge in [0.1, 0.15) is 0 Å². The molecule has 3 rings (SSSR count). The maximum Gasteiger partial charge on any atom is 0.221 e. The Morgan fingerprint density at radius 3 is 2.76 bits per heavy atom. The molecular formula is C13H12N2OS. The highest BCUT2D eigenvalue weighted by Crippen LogP contribution is 2.37. The van der Waals surface area contributed by atoms with E-state index in [9.17, 15) is 4.79 Å². The van der Waals surface area contributed by atoms with E-state index >= 15 is 0 Å².